The molecule has 1 aromatic carbocycles. The molecule has 0 radical (unpaired) electrons. The van der Waals surface area contributed by atoms with Crippen LogP contribution in [0.1, 0.15) is 53.9 Å². The highest BCUT2D eigenvalue weighted by atomic mass is 16.5. The summed E-state index contributed by atoms with van der Waals surface area (Å²) < 4.78 is 11.0. The fourth-order valence-electron chi connectivity index (χ4n) is 3.70. The Morgan fingerprint density at radius 2 is 2.00 bits per heavy atom. The number of likely N-dealkylation sites (tertiary alicyclic amines) is 1. The first kappa shape index (κ1) is 20.1. The summed E-state index contributed by atoms with van der Waals surface area (Å²) >= 11 is 0. The van der Waals surface area contributed by atoms with E-state index in [1.165, 1.54) is 26.2 Å². The fourth-order valence-corrected chi connectivity index (χ4v) is 3.70. The number of piperidine rings is 1. The third kappa shape index (κ3) is 5.01. The van der Waals surface area contributed by atoms with Crippen LogP contribution in [0.4, 0.5) is 0 Å². The monoisotopic (exact) mass is 384 g/mol. The van der Waals surface area contributed by atoms with Crippen molar-refractivity contribution in [2.75, 3.05) is 26.7 Å². The Morgan fingerprint density at radius 3 is 2.64 bits per heavy atom. The standard InChI is InChI=1S/C22H28N2O4/c1-16(25)17-8-9-20(27-2)18(13-17)14-22(26)23-15-19(21-7-6-12-28-21)24-10-4-3-5-11-24/h6-9,12-13,19H,3-5,10-11,14-15H2,1-2H3,(H,23,26)/t19-/m0/s1. The van der Waals surface area contributed by atoms with Crippen molar-refractivity contribution < 1.29 is 18.7 Å². The Morgan fingerprint density at radius 1 is 1.21 bits per heavy atom. The number of carbonyl (C=O) groups is 2. The van der Waals surface area contributed by atoms with Gasteiger partial charge in [0, 0.05) is 17.7 Å². The highest BCUT2D eigenvalue weighted by Crippen LogP contribution is 2.25. The molecule has 6 nitrogen and oxygen atoms in total. The largest absolute Gasteiger partial charge is 0.496 e. The number of Topliss-reactive ketones (excluding diaryl/α,β-unsaturated/α-hetero) is 1. The van der Waals surface area contributed by atoms with Gasteiger partial charge in [0.15, 0.2) is 5.78 Å². The summed E-state index contributed by atoms with van der Waals surface area (Å²) in [6, 6.07) is 9.06. The van der Waals surface area contributed by atoms with Crippen molar-refractivity contribution in [1.29, 1.82) is 0 Å². The average molecular weight is 384 g/mol. The highest BCUT2D eigenvalue weighted by molar-refractivity contribution is 5.94. The number of methoxy groups -OCH3 is 1. The predicted octanol–water partition coefficient (Wildman–Crippen LogP) is 3.38. The zero-order chi connectivity index (χ0) is 19.9. The van der Waals surface area contributed by atoms with Crippen molar-refractivity contribution in [3.05, 3.63) is 53.5 Å². The molecule has 28 heavy (non-hydrogen) atoms. The van der Waals surface area contributed by atoms with Crippen molar-refractivity contribution in [2.24, 2.45) is 0 Å². The SMILES string of the molecule is COc1ccc(C(C)=O)cc1CC(=O)NC[C@@H](c1ccco1)N1CCCCC1. The number of rotatable bonds is 8. The number of hydrogen-bond acceptors (Lipinski definition) is 5. The average Bonchev–Trinajstić information content (AvgIpc) is 3.23. The lowest BCUT2D eigenvalue weighted by Gasteiger charge is -2.33. The second kappa shape index (κ2) is 9.55. The molecule has 0 spiro atoms. The molecule has 2 aromatic rings. The highest BCUT2D eigenvalue weighted by Gasteiger charge is 2.25. The maximum atomic E-state index is 12.6. The first-order valence-corrected chi connectivity index (χ1v) is 9.80. The molecule has 0 saturated carbocycles. The molecule has 1 saturated heterocycles. The summed E-state index contributed by atoms with van der Waals surface area (Å²) in [6.45, 7) is 4.02. The van der Waals surface area contributed by atoms with Crippen molar-refractivity contribution >= 4 is 11.7 Å². The molecule has 1 aliphatic heterocycles. The summed E-state index contributed by atoms with van der Waals surface area (Å²) in [5.74, 6) is 1.34. The van der Waals surface area contributed by atoms with Crippen molar-refractivity contribution in [1.82, 2.24) is 10.2 Å². The van der Waals surface area contributed by atoms with Gasteiger partial charge < -0.3 is 14.5 Å². The summed E-state index contributed by atoms with van der Waals surface area (Å²) in [4.78, 5) is 26.6. The van der Waals surface area contributed by atoms with Gasteiger partial charge in [0.05, 0.1) is 25.8 Å². The van der Waals surface area contributed by atoms with Gasteiger partial charge in [-0.3, -0.25) is 14.5 Å². The van der Waals surface area contributed by atoms with Gasteiger partial charge in [-0.15, -0.1) is 0 Å². The maximum Gasteiger partial charge on any atom is 0.224 e. The van der Waals surface area contributed by atoms with Crippen LogP contribution in [-0.2, 0) is 11.2 Å². The molecule has 1 N–H and O–H groups in total. The number of ether oxygens (including phenoxy) is 1. The van der Waals surface area contributed by atoms with Crippen LogP contribution < -0.4 is 10.1 Å². The number of amides is 1. The van der Waals surface area contributed by atoms with E-state index >= 15 is 0 Å². The number of furan rings is 1. The summed E-state index contributed by atoms with van der Waals surface area (Å²) in [5, 5.41) is 3.04. The third-order valence-electron chi connectivity index (χ3n) is 5.23. The van der Waals surface area contributed by atoms with Gasteiger partial charge in [-0.2, -0.15) is 0 Å². The molecule has 3 rings (SSSR count). The van der Waals surface area contributed by atoms with Crippen LogP contribution in [0.15, 0.2) is 41.0 Å². The van der Waals surface area contributed by atoms with E-state index in [1.54, 1.807) is 31.6 Å². The van der Waals surface area contributed by atoms with E-state index < -0.39 is 0 Å². The maximum absolute atomic E-state index is 12.6. The lowest BCUT2D eigenvalue weighted by atomic mass is 10.0. The molecule has 0 aliphatic carbocycles. The van der Waals surface area contributed by atoms with Gasteiger partial charge in [0.1, 0.15) is 11.5 Å². The van der Waals surface area contributed by atoms with Gasteiger partial charge >= 0.3 is 0 Å². The van der Waals surface area contributed by atoms with Crippen molar-refractivity contribution in [2.45, 2.75) is 38.6 Å². The minimum atomic E-state index is -0.104. The minimum absolute atomic E-state index is 0.0321. The molecule has 6 heteroatoms. The smallest absolute Gasteiger partial charge is 0.224 e. The Bertz CT molecular complexity index is 795. The van der Waals surface area contributed by atoms with E-state index in [9.17, 15) is 9.59 Å². The zero-order valence-corrected chi connectivity index (χ0v) is 16.6. The van der Waals surface area contributed by atoms with Crippen LogP contribution in [0.2, 0.25) is 0 Å². The number of nitrogens with one attached hydrogen (secondary N) is 1. The zero-order valence-electron chi connectivity index (χ0n) is 16.6. The topological polar surface area (TPSA) is 71.8 Å². The van der Waals surface area contributed by atoms with Gasteiger partial charge in [-0.1, -0.05) is 6.42 Å². The molecule has 1 amide bonds. The van der Waals surface area contributed by atoms with Gasteiger partial charge in [-0.05, 0) is 63.2 Å². The van der Waals surface area contributed by atoms with Crippen LogP contribution >= 0.6 is 0 Å². The van der Waals surface area contributed by atoms with Crippen molar-refractivity contribution in [3.8, 4) is 5.75 Å². The summed E-state index contributed by atoms with van der Waals surface area (Å²) in [5.41, 5.74) is 1.28. The van der Waals surface area contributed by atoms with E-state index in [1.807, 2.05) is 12.1 Å². The van der Waals surface area contributed by atoms with E-state index in [4.69, 9.17) is 9.15 Å². The molecule has 150 valence electrons. The number of nitrogens with zero attached hydrogens (tertiary/aromatic N) is 1. The first-order chi connectivity index (χ1) is 13.6. The molecule has 1 aromatic heterocycles. The molecule has 1 aliphatic rings. The molecular weight excluding hydrogens is 356 g/mol. The molecule has 0 unspecified atom stereocenters. The minimum Gasteiger partial charge on any atom is -0.496 e. The molecule has 0 bridgehead atoms. The number of carbonyl (C=O) groups excluding carboxylic acids is 2. The van der Waals surface area contributed by atoms with Crippen molar-refractivity contribution in [3.63, 3.8) is 0 Å². The Hall–Kier alpha value is -2.60. The Balaban J connectivity index is 1.66. The normalized spacial score (nSPS) is 15.8. The van der Waals surface area contributed by atoms with E-state index in [-0.39, 0.29) is 24.2 Å². The second-order valence-electron chi connectivity index (χ2n) is 7.19. The Kier molecular flexibility index (Phi) is 6.87. The third-order valence-corrected chi connectivity index (χ3v) is 5.23. The van der Waals surface area contributed by atoms with Crippen LogP contribution in [-0.4, -0.2) is 43.3 Å². The van der Waals surface area contributed by atoms with E-state index in [0.29, 0.717) is 23.4 Å². The molecular formula is C22H28N2O4. The second-order valence-corrected chi connectivity index (χ2v) is 7.19. The van der Waals surface area contributed by atoms with Crippen LogP contribution in [0.5, 0.6) is 5.75 Å². The lowest BCUT2D eigenvalue weighted by molar-refractivity contribution is -0.120. The number of hydrogen-bond donors (Lipinski definition) is 1. The van der Waals surface area contributed by atoms with Gasteiger partial charge in [-0.25, -0.2) is 0 Å². The van der Waals surface area contributed by atoms with E-state index in [0.717, 1.165) is 18.8 Å². The first-order valence-electron chi connectivity index (χ1n) is 9.80. The molecule has 1 fully saturated rings. The van der Waals surface area contributed by atoms with E-state index in [2.05, 4.69) is 10.2 Å². The molecule has 2 heterocycles. The summed E-state index contributed by atoms with van der Waals surface area (Å²) in [6.07, 6.45) is 5.42. The quantitative estimate of drug-likeness (QED) is 0.707. The molecule has 1 atom stereocenters. The number of benzene rings is 1. The van der Waals surface area contributed by atoms with Crippen LogP contribution in [0.25, 0.3) is 0 Å². The lowest BCUT2D eigenvalue weighted by Crippen LogP contribution is -2.40. The van der Waals surface area contributed by atoms with Gasteiger partial charge in [0.25, 0.3) is 0 Å². The predicted molar refractivity (Wildman–Crippen MR) is 107 cm³/mol. The Labute approximate surface area is 165 Å². The van der Waals surface area contributed by atoms with Crippen LogP contribution in [0.3, 0.4) is 0 Å². The van der Waals surface area contributed by atoms with Gasteiger partial charge in [0.2, 0.25) is 5.91 Å². The van der Waals surface area contributed by atoms with Crippen LogP contribution in [0, 0.1) is 0 Å². The number of ketones is 1. The fraction of sp³-hybridized carbons (Fsp3) is 0.455. The summed E-state index contributed by atoms with van der Waals surface area (Å²) in [7, 11) is 1.56.